The number of aryl methyl sites for hydroxylation is 1. The van der Waals surface area contributed by atoms with Crippen LogP contribution < -0.4 is 5.73 Å². The first kappa shape index (κ1) is 12.3. The molecule has 0 spiro atoms. The van der Waals surface area contributed by atoms with Gasteiger partial charge in [0.2, 0.25) is 5.82 Å². The Labute approximate surface area is 115 Å². The van der Waals surface area contributed by atoms with Crippen molar-refractivity contribution in [1.82, 2.24) is 10.1 Å². The van der Waals surface area contributed by atoms with Gasteiger partial charge in [0, 0.05) is 16.8 Å². The Morgan fingerprint density at radius 1 is 1.10 bits per heavy atom. The van der Waals surface area contributed by atoms with E-state index < -0.39 is 0 Å². The number of hydrogen-bond donors (Lipinski definition) is 1. The average molecular weight is 269 g/mol. The minimum atomic E-state index is -0.302. The smallest absolute Gasteiger partial charge is 0.258 e. The lowest BCUT2D eigenvalue weighted by atomic mass is 10.1. The summed E-state index contributed by atoms with van der Waals surface area (Å²) in [5, 5.41) is 3.91. The van der Waals surface area contributed by atoms with E-state index >= 15 is 0 Å². The fraction of sp³-hybridized carbons (Fsp3) is 0.0667. The van der Waals surface area contributed by atoms with E-state index in [1.807, 2.05) is 19.1 Å². The highest BCUT2D eigenvalue weighted by atomic mass is 19.1. The van der Waals surface area contributed by atoms with Crippen LogP contribution in [0.4, 0.5) is 10.1 Å². The molecule has 2 N–H and O–H groups in total. The molecule has 4 nitrogen and oxygen atoms in total. The molecule has 0 saturated carbocycles. The highest BCUT2D eigenvalue weighted by Crippen LogP contribution is 2.26. The first-order chi connectivity index (χ1) is 9.63. The van der Waals surface area contributed by atoms with E-state index in [-0.39, 0.29) is 5.82 Å². The van der Waals surface area contributed by atoms with E-state index in [0.29, 0.717) is 23.0 Å². The van der Waals surface area contributed by atoms with Crippen molar-refractivity contribution in [3.05, 3.63) is 53.8 Å². The molecule has 0 aliphatic carbocycles. The quantitative estimate of drug-likeness (QED) is 0.724. The summed E-state index contributed by atoms with van der Waals surface area (Å²) in [6.07, 6.45) is 0. The second-order valence-electron chi connectivity index (χ2n) is 4.50. The average Bonchev–Trinajstić information content (AvgIpc) is 2.92. The maximum Gasteiger partial charge on any atom is 0.258 e. The lowest BCUT2D eigenvalue weighted by Gasteiger charge is -2.01. The number of benzene rings is 2. The molecule has 0 bridgehead atoms. The molecule has 2 aromatic carbocycles. The van der Waals surface area contributed by atoms with Crippen molar-refractivity contribution in [3.8, 4) is 22.8 Å². The van der Waals surface area contributed by atoms with Crippen molar-refractivity contribution < 1.29 is 8.91 Å². The minimum Gasteiger partial charge on any atom is -0.399 e. The molecule has 0 unspecified atom stereocenters. The maximum atomic E-state index is 12.9. The van der Waals surface area contributed by atoms with Crippen LogP contribution in [0.3, 0.4) is 0 Å². The monoisotopic (exact) mass is 269 g/mol. The number of nitrogens with two attached hydrogens (primary N) is 1. The molecule has 20 heavy (non-hydrogen) atoms. The van der Waals surface area contributed by atoms with Crippen LogP contribution in [-0.4, -0.2) is 10.1 Å². The first-order valence-electron chi connectivity index (χ1n) is 6.09. The van der Waals surface area contributed by atoms with Gasteiger partial charge in [-0.1, -0.05) is 11.2 Å². The molecule has 0 radical (unpaired) electrons. The SMILES string of the molecule is Cc1ccc(N)cc1-c1nc(-c2ccc(F)cc2)no1. The molecule has 1 aromatic heterocycles. The highest BCUT2D eigenvalue weighted by molar-refractivity contribution is 5.66. The van der Waals surface area contributed by atoms with Gasteiger partial charge in [-0.15, -0.1) is 0 Å². The van der Waals surface area contributed by atoms with Crippen molar-refractivity contribution >= 4 is 5.69 Å². The Bertz CT molecular complexity index is 750. The molecular weight excluding hydrogens is 257 g/mol. The third kappa shape index (κ3) is 2.25. The molecular formula is C15H12FN3O. The van der Waals surface area contributed by atoms with Crippen molar-refractivity contribution in [2.24, 2.45) is 0 Å². The summed E-state index contributed by atoms with van der Waals surface area (Å²) in [5.41, 5.74) is 8.89. The third-order valence-electron chi connectivity index (χ3n) is 3.02. The predicted molar refractivity (Wildman–Crippen MR) is 74.3 cm³/mol. The molecule has 0 aliphatic rings. The summed E-state index contributed by atoms with van der Waals surface area (Å²) in [4.78, 5) is 4.33. The second-order valence-corrected chi connectivity index (χ2v) is 4.50. The van der Waals surface area contributed by atoms with Crippen LogP contribution in [-0.2, 0) is 0 Å². The summed E-state index contributed by atoms with van der Waals surface area (Å²) in [6.45, 7) is 1.94. The van der Waals surface area contributed by atoms with E-state index in [1.165, 1.54) is 12.1 Å². The largest absolute Gasteiger partial charge is 0.399 e. The molecule has 0 amide bonds. The molecule has 0 atom stereocenters. The van der Waals surface area contributed by atoms with Crippen LogP contribution in [0.2, 0.25) is 0 Å². The number of nitrogen functional groups attached to an aromatic ring is 1. The van der Waals surface area contributed by atoms with E-state index in [2.05, 4.69) is 10.1 Å². The maximum absolute atomic E-state index is 12.9. The second kappa shape index (κ2) is 4.77. The molecule has 5 heteroatoms. The molecule has 0 saturated heterocycles. The van der Waals surface area contributed by atoms with Gasteiger partial charge in [0.15, 0.2) is 0 Å². The van der Waals surface area contributed by atoms with Crippen molar-refractivity contribution in [1.29, 1.82) is 0 Å². The fourth-order valence-corrected chi connectivity index (χ4v) is 1.92. The summed E-state index contributed by atoms with van der Waals surface area (Å²) < 4.78 is 18.2. The third-order valence-corrected chi connectivity index (χ3v) is 3.02. The Kier molecular flexibility index (Phi) is 2.95. The van der Waals surface area contributed by atoms with Crippen LogP contribution in [0.15, 0.2) is 47.0 Å². The Morgan fingerprint density at radius 2 is 1.85 bits per heavy atom. The molecule has 3 aromatic rings. The number of anilines is 1. The molecule has 0 fully saturated rings. The van der Waals surface area contributed by atoms with Crippen molar-refractivity contribution in [2.45, 2.75) is 6.92 Å². The van der Waals surface area contributed by atoms with Gasteiger partial charge < -0.3 is 10.3 Å². The van der Waals surface area contributed by atoms with Gasteiger partial charge in [0.1, 0.15) is 5.82 Å². The van der Waals surface area contributed by atoms with Gasteiger partial charge in [-0.3, -0.25) is 0 Å². The van der Waals surface area contributed by atoms with Crippen LogP contribution >= 0.6 is 0 Å². The number of rotatable bonds is 2. The minimum absolute atomic E-state index is 0.302. The van der Waals surface area contributed by atoms with Crippen LogP contribution in [0.1, 0.15) is 5.56 Å². The summed E-state index contributed by atoms with van der Waals surface area (Å²) in [6, 6.07) is 11.4. The van der Waals surface area contributed by atoms with Crippen LogP contribution in [0.25, 0.3) is 22.8 Å². The zero-order valence-corrected chi connectivity index (χ0v) is 10.8. The van der Waals surface area contributed by atoms with E-state index in [0.717, 1.165) is 11.1 Å². The molecule has 0 aliphatic heterocycles. The Morgan fingerprint density at radius 3 is 2.60 bits per heavy atom. The fourth-order valence-electron chi connectivity index (χ4n) is 1.92. The van der Waals surface area contributed by atoms with E-state index in [4.69, 9.17) is 10.3 Å². The van der Waals surface area contributed by atoms with Gasteiger partial charge in [0.25, 0.3) is 5.89 Å². The lowest BCUT2D eigenvalue weighted by molar-refractivity contribution is 0.432. The predicted octanol–water partition coefficient (Wildman–Crippen LogP) is 3.43. The Hall–Kier alpha value is -2.69. The number of aromatic nitrogens is 2. The van der Waals surface area contributed by atoms with Gasteiger partial charge in [0.05, 0.1) is 0 Å². The van der Waals surface area contributed by atoms with E-state index in [1.54, 1.807) is 18.2 Å². The normalized spacial score (nSPS) is 10.7. The molecule has 1 heterocycles. The van der Waals surface area contributed by atoms with Gasteiger partial charge in [-0.25, -0.2) is 4.39 Å². The zero-order valence-electron chi connectivity index (χ0n) is 10.8. The standard InChI is InChI=1S/C15H12FN3O/c1-9-2-7-12(17)8-13(9)15-18-14(19-20-15)10-3-5-11(16)6-4-10/h2-8H,17H2,1H3. The van der Waals surface area contributed by atoms with Gasteiger partial charge in [-0.2, -0.15) is 4.98 Å². The zero-order chi connectivity index (χ0) is 14.1. The molecule has 3 rings (SSSR count). The number of nitrogens with zero attached hydrogens (tertiary/aromatic N) is 2. The van der Waals surface area contributed by atoms with Crippen molar-refractivity contribution in [2.75, 3.05) is 5.73 Å². The highest BCUT2D eigenvalue weighted by Gasteiger charge is 2.12. The number of halogens is 1. The van der Waals surface area contributed by atoms with Gasteiger partial charge >= 0.3 is 0 Å². The number of hydrogen-bond acceptors (Lipinski definition) is 4. The van der Waals surface area contributed by atoms with Crippen molar-refractivity contribution in [3.63, 3.8) is 0 Å². The summed E-state index contributed by atoms with van der Waals surface area (Å²) in [5.74, 6) is 0.514. The topological polar surface area (TPSA) is 64.9 Å². The summed E-state index contributed by atoms with van der Waals surface area (Å²) >= 11 is 0. The Balaban J connectivity index is 2.01. The van der Waals surface area contributed by atoms with E-state index in [9.17, 15) is 4.39 Å². The molecule has 100 valence electrons. The lowest BCUT2D eigenvalue weighted by Crippen LogP contribution is -1.89. The van der Waals surface area contributed by atoms with Crippen LogP contribution in [0, 0.1) is 12.7 Å². The van der Waals surface area contributed by atoms with Crippen LogP contribution in [0.5, 0.6) is 0 Å². The van der Waals surface area contributed by atoms with Gasteiger partial charge in [-0.05, 0) is 48.9 Å². The first-order valence-corrected chi connectivity index (χ1v) is 6.09. The summed E-state index contributed by atoms with van der Waals surface area (Å²) in [7, 11) is 0.